The van der Waals surface area contributed by atoms with Gasteiger partial charge in [0.25, 0.3) is 0 Å². The summed E-state index contributed by atoms with van der Waals surface area (Å²) in [5.41, 5.74) is 0.244. The number of amides is 2. The summed E-state index contributed by atoms with van der Waals surface area (Å²) in [6.07, 6.45) is 3.16. The number of carbonyl (C=O) groups excluding carboxylic acids is 4. The molecule has 8 nitrogen and oxygen atoms in total. The van der Waals surface area contributed by atoms with Crippen molar-refractivity contribution in [3.8, 4) is 11.5 Å². The van der Waals surface area contributed by atoms with Crippen LogP contribution in [-0.4, -0.2) is 55.3 Å². The van der Waals surface area contributed by atoms with Gasteiger partial charge in [0.2, 0.25) is 17.6 Å². The van der Waals surface area contributed by atoms with E-state index >= 15 is 0 Å². The Balaban J connectivity index is 1.64. The van der Waals surface area contributed by atoms with Crippen LogP contribution < -0.4 is 9.47 Å². The first kappa shape index (κ1) is 20.8. The summed E-state index contributed by atoms with van der Waals surface area (Å²) in [7, 11) is 2.92. The van der Waals surface area contributed by atoms with Crippen LogP contribution in [-0.2, 0) is 19.1 Å². The number of nitrogens with zero attached hydrogens (tertiary/aromatic N) is 1. The van der Waals surface area contributed by atoms with Crippen LogP contribution in [0.5, 0.6) is 11.5 Å². The van der Waals surface area contributed by atoms with Crippen LogP contribution in [0.3, 0.4) is 0 Å². The summed E-state index contributed by atoms with van der Waals surface area (Å²) in [6, 6.07) is 3.62. The van der Waals surface area contributed by atoms with Gasteiger partial charge in [-0.3, -0.25) is 19.3 Å². The molecule has 29 heavy (non-hydrogen) atoms. The molecule has 3 atom stereocenters. The topological polar surface area (TPSA) is 99.2 Å². The number of carbonyl (C=O) groups is 4. The third-order valence-electron chi connectivity index (χ3n) is 5.66. The highest BCUT2D eigenvalue weighted by Gasteiger charge is 2.51. The van der Waals surface area contributed by atoms with E-state index in [9.17, 15) is 19.2 Å². The minimum atomic E-state index is -1.06. The number of rotatable bonds is 7. The van der Waals surface area contributed by atoms with Crippen molar-refractivity contribution >= 4 is 23.6 Å². The SMILES string of the molecule is COc1ccc(C(=O)COC(=O)[C@H](C)N2C(=O)[C@H]3CCCC[C@H]3C2=O)c(OC)c1. The maximum absolute atomic E-state index is 12.6. The molecule has 1 saturated carbocycles. The Bertz CT molecular complexity index is 810. The Kier molecular flexibility index (Phi) is 6.20. The normalized spacial score (nSPS) is 22.1. The monoisotopic (exact) mass is 403 g/mol. The van der Waals surface area contributed by atoms with Gasteiger partial charge in [-0.25, -0.2) is 4.79 Å². The van der Waals surface area contributed by atoms with Crippen molar-refractivity contribution in [2.75, 3.05) is 20.8 Å². The zero-order valence-electron chi connectivity index (χ0n) is 16.8. The molecule has 2 amide bonds. The number of benzene rings is 1. The molecule has 1 aliphatic heterocycles. The number of Topliss-reactive ketones (excluding diaryl/α,β-unsaturated/α-hetero) is 1. The van der Waals surface area contributed by atoms with Crippen LogP contribution >= 0.6 is 0 Å². The number of ether oxygens (including phenoxy) is 3. The van der Waals surface area contributed by atoms with Crippen LogP contribution in [0.1, 0.15) is 43.0 Å². The second-order valence-corrected chi connectivity index (χ2v) is 7.32. The van der Waals surface area contributed by atoms with Gasteiger partial charge in [-0.2, -0.15) is 0 Å². The van der Waals surface area contributed by atoms with Crippen LogP contribution in [0.25, 0.3) is 0 Å². The number of hydrogen-bond donors (Lipinski definition) is 0. The van der Waals surface area contributed by atoms with E-state index in [0.29, 0.717) is 24.3 Å². The quantitative estimate of drug-likeness (QED) is 0.390. The Morgan fingerprint density at radius 1 is 1.07 bits per heavy atom. The number of ketones is 1. The number of hydrogen-bond acceptors (Lipinski definition) is 7. The highest BCUT2D eigenvalue weighted by Crippen LogP contribution is 2.39. The van der Waals surface area contributed by atoms with Gasteiger partial charge in [-0.05, 0) is 31.9 Å². The highest BCUT2D eigenvalue weighted by atomic mass is 16.5. The number of methoxy groups -OCH3 is 2. The van der Waals surface area contributed by atoms with E-state index in [1.807, 2.05) is 0 Å². The van der Waals surface area contributed by atoms with Crippen LogP contribution in [0.2, 0.25) is 0 Å². The van der Waals surface area contributed by atoms with E-state index in [1.165, 1.54) is 27.2 Å². The zero-order chi connectivity index (χ0) is 21.1. The van der Waals surface area contributed by atoms with E-state index in [2.05, 4.69) is 0 Å². The molecule has 2 aliphatic rings. The van der Waals surface area contributed by atoms with Gasteiger partial charge < -0.3 is 14.2 Å². The Morgan fingerprint density at radius 3 is 2.24 bits per heavy atom. The standard InChI is InChI=1S/C21H25NO7/c1-12(22-19(24)14-6-4-5-7-15(14)20(22)25)21(26)29-11-17(23)16-9-8-13(27-2)10-18(16)28-3/h8-10,12,14-15H,4-7,11H2,1-3H3/t12-,14-,15+/m0/s1. The largest absolute Gasteiger partial charge is 0.497 e. The molecular weight excluding hydrogens is 378 g/mol. The molecule has 1 aromatic carbocycles. The fraction of sp³-hybridized carbons (Fsp3) is 0.524. The average molecular weight is 403 g/mol. The lowest BCUT2D eigenvalue weighted by Crippen LogP contribution is -2.44. The van der Waals surface area contributed by atoms with E-state index in [-0.39, 0.29) is 29.2 Å². The second-order valence-electron chi connectivity index (χ2n) is 7.32. The van der Waals surface area contributed by atoms with Crippen molar-refractivity contribution in [1.82, 2.24) is 4.90 Å². The molecule has 0 N–H and O–H groups in total. The van der Waals surface area contributed by atoms with E-state index in [4.69, 9.17) is 14.2 Å². The molecule has 156 valence electrons. The molecule has 2 fully saturated rings. The molecule has 0 spiro atoms. The first-order valence-corrected chi connectivity index (χ1v) is 9.67. The first-order valence-electron chi connectivity index (χ1n) is 9.67. The van der Waals surface area contributed by atoms with Crippen molar-refractivity contribution in [3.05, 3.63) is 23.8 Å². The molecular formula is C21H25NO7. The molecule has 0 aromatic heterocycles. The third-order valence-corrected chi connectivity index (χ3v) is 5.66. The molecule has 0 unspecified atom stereocenters. The molecule has 8 heteroatoms. The smallest absolute Gasteiger partial charge is 0.329 e. The highest BCUT2D eigenvalue weighted by molar-refractivity contribution is 6.08. The molecule has 0 radical (unpaired) electrons. The molecule has 3 rings (SSSR count). The summed E-state index contributed by atoms with van der Waals surface area (Å²) >= 11 is 0. The lowest BCUT2D eigenvalue weighted by atomic mass is 9.81. The summed E-state index contributed by atoms with van der Waals surface area (Å²) in [4.78, 5) is 51.1. The minimum Gasteiger partial charge on any atom is -0.497 e. The fourth-order valence-corrected chi connectivity index (χ4v) is 4.04. The predicted octanol–water partition coefficient (Wildman–Crippen LogP) is 1.99. The van der Waals surface area contributed by atoms with Gasteiger partial charge >= 0.3 is 5.97 Å². The lowest BCUT2D eigenvalue weighted by Gasteiger charge is -2.21. The summed E-state index contributed by atoms with van der Waals surface area (Å²) in [5.74, 6) is -1.72. The van der Waals surface area contributed by atoms with Crippen LogP contribution in [0.4, 0.5) is 0 Å². The van der Waals surface area contributed by atoms with Crippen LogP contribution in [0, 0.1) is 11.8 Å². The summed E-state index contributed by atoms with van der Waals surface area (Å²) < 4.78 is 15.4. The Morgan fingerprint density at radius 2 is 1.69 bits per heavy atom. The first-order chi connectivity index (χ1) is 13.9. The van der Waals surface area contributed by atoms with Crippen molar-refractivity contribution < 1.29 is 33.4 Å². The predicted molar refractivity (Wildman–Crippen MR) is 102 cm³/mol. The van der Waals surface area contributed by atoms with E-state index < -0.39 is 24.4 Å². The summed E-state index contributed by atoms with van der Waals surface area (Å²) in [6.45, 7) is 0.933. The van der Waals surface area contributed by atoms with E-state index in [0.717, 1.165) is 17.7 Å². The lowest BCUT2D eigenvalue weighted by molar-refractivity contribution is -0.157. The summed E-state index contributed by atoms with van der Waals surface area (Å²) in [5, 5.41) is 0. The maximum Gasteiger partial charge on any atom is 0.329 e. The van der Waals surface area contributed by atoms with E-state index in [1.54, 1.807) is 12.1 Å². The number of imide groups is 1. The molecule has 1 heterocycles. The third kappa shape index (κ3) is 3.97. The average Bonchev–Trinajstić information content (AvgIpc) is 3.01. The maximum atomic E-state index is 12.6. The number of fused-ring (bicyclic) bond motifs is 1. The molecule has 1 aromatic rings. The Hall–Kier alpha value is -2.90. The Labute approximate surface area is 169 Å². The number of likely N-dealkylation sites (tertiary alicyclic amines) is 1. The number of esters is 1. The zero-order valence-corrected chi connectivity index (χ0v) is 16.8. The van der Waals surface area contributed by atoms with Crippen molar-refractivity contribution in [2.45, 2.75) is 38.6 Å². The van der Waals surface area contributed by atoms with Gasteiger partial charge in [0.1, 0.15) is 17.5 Å². The fourth-order valence-electron chi connectivity index (χ4n) is 4.04. The second kappa shape index (κ2) is 8.63. The minimum absolute atomic E-state index is 0.244. The van der Waals surface area contributed by atoms with Gasteiger partial charge in [0.15, 0.2) is 6.61 Å². The molecule has 1 aliphatic carbocycles. The van der Waals surface area contributed by atoms with Crippen molar-refractivity contribution in [3.63, 3.8) is 0 Å². The van der Waals surface area contributed by atoms with Gasteiger partial charge in [0.05, 0.1) is 31.6 Å². The molecule has 0 bridgehead atoms. The van der Waals surface area contributed by atoms with Crippen molar-refractivity contribution in [1.29, 1.82) is 0 Å². The van der Waals surface area contributed by atoms with Crippen LogP contribution in [0.15, 0.2) is 18.2 Å². The van der Waals surface area contributed by atoms with Gasteiger partial charge in [0, 0.05) is 6.07 Å². The van der Waals surface area contributed by atoms with Gasteiger partial charge in [-0.1, -0.05) is 12.8 Å². The van der Waals surface area contributed by atoms with Gasteiger partial charge in [-0.15, -0.1) is 0 Å². The molecule has 1 saturated heterocycles. The van der Waals surface area contributed by atoms with Crippen molar-refractivity contribution in [2.24, 2.45) is 11.8 Å².